The summed E-state index contributed by atoms with van der Waals surface area (Å²) >= 11 is 0. The van der Waals surface area contributed by atoms with E-state index in [1.54, 1.807) is 7.11 Å². The SMILES string of the molecule is CCC(C)(C)OC(C)C.COCC(C)(C)OC(C)C. The Bertz CT molecular complexity index is 208. The molecule has 0 atom stereocenters. The summed E-state index contributed by atoms with van der Waals surface area (Å²) in [6.45, 7) is 19.3. The predicted molar refractivity (Wildman–Crippen MR) is 82.8 cm³/mol. The Kier molecular flexibility index (Phi) is 10.9. The first-order valence-corrected chi connectivity index (χ1v) is 7.30. The van der Waals surface area contributed by atoms with Gasteiger partial charge in [-0.2, -0.15) is 0 Å². The lowest BCUT2D eigenvalue weighted by molar-refractivity contribution is -0.0927. The third-order valence-electron chi connectivity index (χ3n) is 2.45. The van der Waals surface area contributed by atoms with Gasteiger partial charge in [0.25, 0.3) is 0 Å². The quantitative estimate of drug-likeness (QED) is 0.688. The average molecular weight is 276 g/mol. The molecule has 0 spiro atoms. The van der Waals surface area contributed by atoms with Crippen LogP contribution >= 0.6 is 0 Å². The summed E-state index contributed by atoms with van der Waals surface area (Å²) in [5.41, 5.74) is -0.0862. The van der Waals surface area contributed by atoms with E-state index >= 15 is 0 Å². The summed E-state index contributed by atoms with van der Waals surface area (Å²) in [5.74, 6) is 0. The van der Waals surface area contributed by atoms with Crippen molar-refractivity contribution in [2.24, 2.45) is 0 Å². The number of methoxy groups -OCH3 is 1. The van der Waals surface area contributed by atoms with Crippen LogP contribution in [0.1, 0.15) is 68.7 Å². The van der Waals surface area contributed by atoms with Crippen molar-refractivity contribution in [3.05, 3.63) is 0 Å². The first kappa shape index (κ1) is 21.2. The molecule has 0 aromatic rings. The van der Waals surface area contributed by atoms with Gasteiger partial charge < -0.3 is 14.2 Å². The van der Waals surface area contributed by atoms with Gasteiger partial charge in [-0.05, 0) is 61.8 Å². The Morgan fingerprint density at radius 2 is 1.16 bits per heavy atom. The molecule has 0 radical (unpaired) electrons. The van der Waals surface area contributed by atoms with Crippen molar-refractivity contribution in [3.8, 4) is 0 Å². The van der Waals surface area contributed by atoms with Gasteiger partial charge in [-0.3, -0.25) is 0 Å². The van der Waals surface area contributed by atoms with Gasteiger partial charge in [0, 0.05) is 7.11 Å². The molecule has 0 bridgehead atoms. The number of rotatable bonds is 7. The van der Waals surface area contributed by atoms with E-state index in [1.807, 2.05) is 27.7 Å². The highest BCUT2D eigenvalue weighted by Crippen LogP contribution is 2.15. The zero-order valence-electron chi connectivity index (χ0n) is 14.8. The van der Waals surface area contributed by atoms with Crippen LogP contribution < -0.4 is 0 Å². The summed E-state index contributed by atoms with van der Waals surface area (Å²) in [6, 6.07) is 0. The van der Waals surface area contributed by atoms with Crippen molar-refractivity contribution in [1.82, 2.24) is 0 Å². The lowest BCUT2D eigenvalue weighted by atomic mass is 10.1. The second-order valence-electron chi connectivity index (χ2n) is 6.64. The van der Waals surface area contributed by atoms with Crippen molar-refractivity contribution >= 4 is 0 Å². The van der Waals surface area contributed by atoms with E-state index in [4.69, 9.17) is 14.2 Å². The second-order valence-corrected chi connectivity index (χ2v) is 6.64. The maximum atomic E-state index is 5.59. The van der Waals surface area contributed by atoms with Gasteiger partial charge in [-0.1, -0.05) is 6.92 Å². The predicted octanol–water partition coefficient (Wildman–Crippen LogP) is 4.44. The molecule has 0 aromatic heterocycles. The highest BCUT2D eigenvalue weighted by Gasteiger charge is 2.19. The van der Waals surface area contributed by atoms with Crippen molar-refractivity contribution < 1.29 is 14.2 Å². The van der Waals surface area contributed by atoms with Crippen LogP contribution in [0.4, 0.5) is 0 Å². The molecule has 0 aliphatic heterocycles. The van der Waals surface area contributed by atoms with E-state index in [0.29, 0.717) is 12.7 Å². The molecular formula is C16H36O3. The third kappa shape index (κ3) is 15.8. The Labute approximate surface area is 121 Å². The molecule has 0 unspecified atom stereocenters. The van der Waals surface area contributed by atoms with Crippen molar-refractivity contribution in [1.29, 1.82) is 0 Å². The summed E-state index contributed by atoms with van der Waals surface area (Å²) in [7, 11) is 1.69. The fourth-order valence-electron chi connectivity index (χ4n) is 1.74. The fourth-order valence-corrected chi connectivity index (χ4v) is 1.74. The zero-order chi connectivity index (χ0) is 15.7. The molecule has 0 rings (SSSR count). The minimum absolute atomic E-state index is 0.0637. The van der Waals surface area contributed by atoms with Gasteiger partial charge in [0.05, 0.1) is 30.0 Å². The molecule has 3 nitrogen and oxygen atoms in total. The molecule has 19 heavy (non-hydrogen) atoms. The van der Waals surface area contributed by atoms with E-state index in [1.165, 1.54) is 0 Å². The molecule has 0 aromatic carbocycles. The summed E-state index contributed by atoms with van der Waals surface area (Å²) < 4.78 is 16.1. The Morgan fingerprint density at radius 1 is 0.789 bits per heavy atom. The minimum Gasteiger partial charge on any atom is -0.382 e. The molecule has 0 N–H and O–H groups in total. The normalized spacial score (nSPS) is 12.6. The highest BCUT2D eigenvalue weighted by atomic mass is 16.5. The maximum Gasteiger partial charge on any atom is 0.0862 e. The van der Waals surface area contributed by atoms with Gasteiger partial charge >= 0.3 is 0 Å². The maximum absolute atomic E-state index is 5.59. The van der Waals surface area contributed by atoms with Gasteiger partial charge in [-0.15, -0.1) is 0 Å². The van der Waals surface area contributed by atoms with Gasteiger partial charge in [-0.25, -0.2) is 0 Å². The average Bonchev–Trinajstić information content (AvgIpc) is 2.14. The van der Waals surface area contributed by atoms with E-state index in [2.05, 4.69) is 34.6 Å². The third-order valence-corrected chi connectivity index (χ3v) is 2.45. The second kappa shape index (κ2) is 9.73. The number of hydrogen-bond acceptors (Lipinski definition) is 3. The Hall–Kier alpha value is -0.120. The van der Waals surface area contributed by atoms with Gasteiger partial charge in [0.2, 0.25) is 0 Å². The standard InChI is InChI=1S/C8H18O2.C8H18O/c1-7(2)10-8(3,4)6-9-5;1-6-8(4,5)9-7(2)3/h7H,6H2,1-5H3;7H,6H2,1-5H3. The van der Waals surface area contributed by atoms with E-state index < -0.39 is 0 Å². The lowest BCUT2D eigenvalue weighted by Gasteiger charge is -2.26. The van der Waals surface area contributed by atoms with Crippen LogP contribution in [-0.4, -0.2) is 37.1 Å². The summed E-state index contributed by atoms with van der Waals surface area (Å²) in [5, 5.41) is 0. The van der Waals surface area contributed by atoms with Crippen molar-refractivity contribution in [2.75, 3.05) is 13.7 Å². The topological polar surface area (TPSA) is 27.7 Å². The van der Waals surface area contributed by atoms with Crippen LogP contribution in [0.5, 0.6) is 0 Å². The van der Waals surface area contributed by atoms with Gasteiger partial charge in [0.1, 0.15) is 0 Å². The Balaban J connectivity index is 0. The smallest absolute Gasteiger partial charge is 0.0862 e. The molecule has 118 valence electrons. The van der Waals surface area contributed by atoms with Crippen molar-refractivity contribution in [2.45, 2.75) is 92.1 Å². The zero-order valence-corrected chi connectivity index (χ0v) is 14.8. The van der Waals surface area contributed by atoms with Crippen LogP contribution in [0, 0.1) is 0 Å². The van der Waals surface area contributed by atoms with E-state index in [-0.39, 0.29) is 17.3 Å². The molecule has 0 amide bonds. The highest BCUT2D eigenvalue weighted by molar-refractivity contribution is 4.68. The monoisotopic (exact) mass is 276 g/mol. The first-order valence-electron chi connectivity index (χ1n) is 7.30. The minimum atomic E-state index is -0.150. The molecular weight excluding hydrogens is 240 g/mol. The molecule has 0 saturated heterocycles. The summed E-state index contributed by atoms with van der Waals surface area (Å²) in [4.78, 5) is 0. The fraction of sp³-hybridized carbons (Fsp3) is 1.00. The molecule has 0 aliphatic rings. The number of hydrogen-bond donors (Lipinski definition) is 0. The van der Waals surface area contributed by atoms with E-state index in [9.17, 15) is 0 Å². The molecule has 0 aliphatic carbocycles. The molecule has 0 fully saturated rings. The van der Waals surface area contributed by atoms with Crippen LogP contribution in [0.25, 0.3) is 0 Å². The van der Waals surface area contributed by atoms with Crippen LogP contribution in [0.2, 0.25) is 0 Å². The number of ether oxygens (including phenoxy) is 3. The molecule has 0 saturated carbocycles. The molecule has 0 heterocycles. The largest absolute Gasteiger partial charge is 0.382 e. The summed E-state index contributed by atoms with van der Waals surface area (Å²) in [6.07, 6.45) is 1.69. The van der Waals surface area contributed by atoms with E-state index in [0.717, 1.165) is 6.42 Å². The van der Waals surface area contributed by atoms with Crippen LogP contribution in [0.15, 0.2) is 0 Å². The Morgan fingerprint density at radius 3 is 1.37 bits per heavy atom. The van der Waals surface area contributed by atoms with Crippen molar-refractivity contribution in [3.63, 3.8) is 0 Å². The van der Waals surface area contributed by atoms with Crippen LogP contribution in [-0.2, 0) is 14.2 Å². The lowest BCUT2D eigenvalue weighted by Crippen LogP contribution is -2.32. The van der Waals surface area contributed by atoms with Crippen LogP contribution in [0.3, 0.4) is 0 Å². The van der Waals surface area contributed by atoms with Gasteiger partial charge in [0.15, 0.2) is 0 Å². The molecule has 3 heteroatoms. The first-order chi connectivity index (χ1) is 8.45.